The van der Waals surface area contributed by atoms with Crippen LogP contribution in [0.3, 0.4) is 0 Å². The highest BCUT2D eigenvalue weighted by molar-refractivity contribution is 5.87. The van der Waals surface area contributed by atoms with E-state index in [4.69, 9.17) is 4.74 Å². The molecule has 2 aromatic carbocycles. The number of nitrogens with zero attached hydrogens (tertiary/aromatic N) is 1. The maximum atomic E-state index is 10.9. The molecule has 0 fully saturated rings. The first-order chi connectivity index (χ1) is 8.13. The standard InChI is InChI=1S/C13H13NO3/c1-9(14(15)16)12-5-3-4-10-6-7-11(17-2)8-13(10)12/h3-9H,1-2H3. The van der Waals surface area contributed by atoms with Crippen molar-refractivity contribution in [1.82, 2.24) is 0 Å². The van der Waals surface area contributed by atoms with E-state index in [1.165, 1.54) is 0 Å². The van der Waals surface area contributed by atoms with Crippen molar-refractivity contribution in [3.63, 3.8) is 0 Å². The Hall–Kier alpha value is -2.10. The maximum Gasteiger partial charge on any atom is 0.235 e. The van der Waals surface area contributed by atoms with Crippen molar-refractivity contribution in [1.29, 1.82) is 0 Å². The van der Waals surface area contributed by atoms with Gasteiger partial charge in [-0.25, -0.2) is 0 Å². The van der Waals surface area contributed by atoms with Crippen LogP contribution >= 0.6 is 0 Å². The van der Waals surface area contributed by atoms with Gasteiger partial charge in [-0.05, 0) is 22.9 Å². The van der Waals surface area contributed by atoms with Crippen LogP contribution in [0.1, 0.15) is 18.5 Å². The van der Waals surface area contributed by atoms with Gasteiger partial charge in [0.2, 0.25) is 6.04 Å². The Balaban J connectivity index is 2.66. The van der Waals surface area contributed by atoms with E-state index >= 15 is 0 Å². The largest absolute Gasteiger partial charge is 0.497 e. The molecule has 0 bridgehead atoms. The van der Waals surface area contributed by atoms with Gasteiger partial charge in [-0.3, -0.25) is 10.1 Å². The van der Waals surface area contributed by atoms with E-state index in [1.54, 1.807) is 20.1 Å². The summed E-state index contributed by atoms with van der Waals surface area (Å²) in [4.78, 5) is 10.6. The second-order valence-corrected chi connectivity index (χ2v) is 3.90. The fourth-order valence-electron chi connectivity index (χ4n) is 1.88. The summed E-state index contributed by atoms with van der Waals surface area (Å²) in [5.41, 5.74) is 0.714. The summed E-state index contributed by atoms with van der Waals surface area (Å²) in [5, 5.41) is 12.7. The van der Waals surface area contributed by atoms with Gasteiger partial charge < -0.3 is 4.74 Å². The first kappa shape index (κ1) is 11.4. The molecule has 0 saturated heterocycles. The average molecular weight is 231 g/mol. The quantitative estimate of drug-likeness (QED) is 0.602. The van der Waals surface area contributed by atoms with Crippen LogP contribution in [0.25, 0.3) is 10.8 Å². The fourth-order valence-corrected chi connectivity index (χ4v) is 1.88. The number of rotatable bonds is 3. The molecule has 4 nitrogen and oxygen atoms in total. The van der Waals surface area contributed by atoms with Crippen molar-refractivity contribution in [2.24, 2.45) is 0 Å². The van der Waals surface area contributed by atoms with Crippen molar-refractivity contribution in [2.45, 2.75) is 13.0 Å². The normalized spacial score (nSPS) is 12.4. The monoisotopic (exact) mass is 231 g/mol. The van der Waals surface area contributed by atoms with E-state index in [-0.39, 0.29) is 4.92 Å². The third-order valence-electron chi connectivity index (χ3n) is 2.89. The summed E-state index contributed by atoms with van der Waals surface area (Å²) < 4.78 is 5.15. The minimum atomic E-state index is -0.717. The van der Waals surface area contributed by atoms with Gasteiger partial charge in [0, 0.05) is 17.4 Å². The number of nitro groups is 1. The van der Waals surface area contributed by atoms with E-state index < -0.39 is 6.04 Å². The van der Waals surface area contributed by atoms with Crippen molar-refractivity contribution >= 4 is 10.8 Å². The van der Waals surface area contributed by atoms with E-state index in [9.17, 15) is 10.1 Å². The zero-order chi connectivity index (χ0) is 12.4. The lowest BCUT2D eigenvalue weighted by Gasteiger charge is -2.09. The number of methoxy groups -OCH3 is 1. The van der Waals surface area contributed by atoms with Crippen molar-refractivity contribution < 1.29 is 9.66 Å². The molecule has 88 valence electrons. The molecule has 0 saturated carbocycles. The topological polar surface area (TPSA) is 52.4 Å². The van der Waals surface area contributed by atoms with Gasteiger partial charge in [-0.2, -0.15) is 0 Å². The Labute approximate surface area is 99.0 Å². The van der Waals surface area contributed by atoms with Gasteiger partial charge >= 0.3 is 0 Å². The molecule has 17 heavy (non-hydrogen) atoms. The van der Waals surface area contributed by atoms with E-state index in [2.05, 4.69) is 0 Å². The molecular formula is C13H13NO3. The van der Waals surface area contributed by atoms with Crippen LogP contribution in [0.2, 0.25) is 0 Å². The Morgan fingerprint density at radius 2 is 2.06 bits per heavy atom. The van der Waals surface area contributed by atoms with Crippen LogP contribution in [0.4, 0.5) is 0 Å². The van der Waals surface area contributed by atoms with Crippen molar-refractivity contribution in [3.8, 4) is 5.75 Å². The van der Waals surface area contributed by atoms with Crippen LogP contribution in [0.5, 0.6) is 5.75 Å². The SMILES string of the molecule is COc1ccc2cccc(C(C)[N+](=O)[O-])c2c1. The predicted molar refractivity (Wildman–Crippen MR) is 65.9 cm³/mol. The number of ether oxygens (including phenoxy) is 1. The summed E-state index contributed by atoms with van der Waals surface area (Å²) in [5.74, 6) is 0.709. The fraction of sp³-hybridized carbons (Fsp3) is 0.231. The molecule has 0 amide bonds. The Morgan fingerprint density at radius 1 is 1.29 bits per heavy atom. The zero-order valence-electron chi connectivity index (χ0n) is 9.71. The number of fused-ring (bicyclic) bond motifs is 1. The molecule has 1 atom stereocenters. The second kappa shape index (κ2) is 4.41. The average Bonchev–Trinajstić information content (AvgIpc) is 2.36. The number of hydrogen-bond donors (Lipinski definition) is 0. The third-order valence-corrected chi connectivity index (χ3v) is 2.89. The third kappa shape index (κ3) is 2.06. The van der Waals surface area contributed by atoms with Crippen molar-refractivity contribution in [2.75, 3.05) is 7.11 Å². The van der Waals surface area contributed by atoms with Gasteiger partial charge in [0.15, 0.2) is 0 Å². The molecule has 0 heterocycles. The molecule has 4 heteroatoms. The number of hydrogen-bond acceptors (Lipinski definition) is 3. The van der Waals surface area contributed by atoms with E-state index in [0.717, 1.165) is 10.8 Å². The van der Waals surface area contributed by atoms with Gasteiger partial charge in [0.1, 0.15) is 5.75 Å². The molecule has 0 N–H and O–H groups in total. The molecule has 0 spiro atoms. The predicted octanol–water partition coefficient (Wildman–Crippen LogP) is 3.19. The molecule has 0 radical (unpaired) electrons. The highest BCUT2D eigenvalue weighted by Crippen LogP contribution is 2.28. The summed E-state index contributed by atoms with van der Waals surface area (Å²) >= 11 is 0. The molecule has 0 aliphatic carbocycles. The van der Waals surface area contributed by atoms with Crippen LogP contribution in [-0.2, 0) is 0 Å². The summed E-state index contributed by atoms with van der Waals surface area (Å²) in [6, 6.07) is 10.4. The molecule has 2 rings (SSSR count). The van der Waals surface area contributed by atoms with Crippen LogP contribution < -0.4 is 4.74 Å². The first-order valence-corrected chi connectivity index (χ1v) is 5.33. The van der Waals surface area contributed by atoms with Crippen LogP contribution in [-0.4, -0.2) is 12.0 Å². The summed E-state index contributed by atoms with van der Waals surface area (Å²) in [6.45, 7) is 1.59. The Kier molecular flexibility index (Phi) is 2.95. The maximum absolute atomic E-state index is 10.9. The summed E-state index contributed by atoms with van der Waals surface area (Å²) in [6.07, 6.45) is 0. The first-order valence-electron chi connectivity index (χ1n) is 5.33. The molecule has 0 aliphatic rings. The molecule has 0 aromatic heterocycles. The van der Waals surface area contributed by atoms with Gasteiger partial charge in [-0.15, -0.1) is 0 Å². The van der Waals surface area contributed by atoms with E-state index in [1.807, 2.05) is 30.3 Å². The Bertz CT molecular complexity index is 566. The second-order valence-electron chi connectivity index (χ2n) is 3.90. The molecule has 1 unspecified atom stereocenters. The highest BCUT2D eigenvalue weighted by Gasteiger charge is 2.18. The lowest BCUT2D eigenvalue weighted by molar-refractivity contribution is -0.524. The minimum Gasteiger partial charge on any atom is -0.497 e. The lowest BCUT2D eigenvalue weighted by atomic mass is 10.00. The molecule has 0 aliphatic heterocycles. The van der Waals surface area contributed by atoms with E-state index in [0.29, 0.717) is 11.3 Å². The Morgan fingerprint density at radius 3 is 2.71 bits per heavy atom. The van der Waals surface area contributed by atoms with Gasteiger partial charge in [-0.1, -0.05) is 24.3 Å². The van der Waals surface area contributed by atoms with Gasteiger partial charge in [0.25, 0.3) is 0 Å². The minimum absolute atomic E-state index is 0.283. The van der Waals surface area contributed by atoms with Crippen molar-refractivity contribution in [3.05, 3.63) is 52.1 Å². The molecular weight excluding hydrogens is 218 g/mol. The molecule has 2 aromatic rings. The zero-order valence-corrected chi connectivity index (χ0v) is 9.71. The van der Waals surface area contributed by atoms with Crippen LogP contribution in [0, 0.1) is 10.1 Å². The summed E-state index contributed by atoms with van der Waals surface area (Å²) in [7, 11) is 1.58. The lowest BCUT2D eigenvalue weighted by Crippen LogP contribution is -2.06. The van der Waals surface area contributed by atoms with Crippen LogP contribution in [0.15, 0.2) is 36.4 Å². The van der Waals surface area contributed by atoms with Gasteiger partial charge in [0.05, 0.1) is 7.11 Å². The highest BCUT2D eigenvalue weighted by atomic mass is 16.6. The smallest absolute Gasteiger partial charge is 0.235 e. The number of benzene rings is 2.